The van der Waals surface area contributed by atoms with Crippen molar-refractivity contribution >= 4 is 5.97 Å². The maximum atomic E-state index is 12.3. The Kier molecular flexibility index (Phi) is 14.3. The highest BCUT2D eigenvalue weighted by atomic mass is 16.6. The highest BCUT2D eigenvalue weighted by molar-refractivity contribution is 5.76. The fourth-order valence-electron chi connectivity index (χ4n) is 3.00. The third-order valence-electron chi connectivity index (χ3n) is 4.32. The number of hydrogen-bond donors (Lipinski definition) is 1. The van der Waals surface area contributed by atoms with Crippen LogP contribution in [0.15, 0.2) is 0 Å². The first-order valence-corrected chi connectivity index (χ1v) is 10.7. The van der Waals surface area contributed by atoms with Crippen LogP contribution in [0.2, 0.25) is 0 Å². The van der Waals surface area contributed by atoms with Crippen LogP contribution in [0.25, 0.3) is 0 Å². The molecule has 0 saturated carbocycles. The Morgan fingerprint density at radius 1 is 0.880 bits per heavy atom. The molecule has 0 aromatic carbocycles. The highest BCUT2D eigenvalue weighted by Gasteiger charge is 2.25. The van der Waals surface area contributed by atoms with E-state index in [1.54, 1.807) is 0 Å². The minimum atomic E-state index is -0.412. The minimum Gasteiger partial charge on any atom is -0.459 e. The molecule has 0 fully saturated rings. The van der Waals surface area contributed by atoms with Crippen molar-refractivity contribution in [1.29, 1.82) is 0 Å². The molecule has 0 aliphatic heterocycles. The first kappa shape index (κ1) is 24.4. The van der Waals surface area contributed by atoms with Crippen LogP contribution in [0.3, 0.4) is 0 Å². The van der Waals surface area contributed by atoms with Gasteiger partial charge in [-0.3, -0.25) is 4.79 Å². The third-order valence-corrected chi connectivity index (χ3v) is 4.32. The van der Waals surface area contributed by atoms with Gasteiger partial charge in [0.25, 0.3) is 0 Å². The summed E-state index contributed by atoms with van der Waals surface area (Å²) in [5.41, 5.74) is -0.412. The highest BCUT2D eigenvalue weighted by Crippen LogP contribution is 2.14. The number of unbranched alkanes of at least 4 members (excludes halogenated alkanes) is 9. The molecule has 0 spiro atoms. The Balaban J connectivity index is 3.79. The zero-order chi connectivity index (χ0) is 19.1. The predicted molar refractivity (Wildman–Crippen MR) is 109 cm³/mol. The van der Waals surface area contributed by atoms with Gasteiger partial charge in [-0.1, -0.05) is 78.6 Å². The Morgan fingerprint density at radius 3 is 1.80 bits per heavy atom. The standard InChI is InChI=1S/C22H45NO2/c1-7-8-9-10-11-12-13-14-15-16-17-23-20(18-19(2)3)21(24)25-22(4,5)6/h19-20,23H,7-18H2,1-6H3/t20-/m0/s1. The first-order valence-electron chi connectivity index (χ1n) is 10.7. The lowest BCUT2D eigenvalue weighted by atomic mass is 10.0. The zero-order valence-corrected chi connectivity index (χ0v) is 18.0. The van der Waals surface area contributed by atoms with E-state index in [0.29, 0.717) is 5.92 Å². The smallest absolute Gasteiger partial charge is 0.323 e. The van der Waals surface area contributed by atoms with Crippen LogP contribution < -0.4 is 5.32 Å². The fourth-order valence-corrected chi connectivity index (χ4v) is 3.00. The quantitative estimate of drug-likeness (QED) is 0.278. The summed E-state index contributed by atoms with van der Waals surface area (Å²) in [4.78, 5) is 12.3. The number of nitrogens with one attached hydrogen (secondary N) is 1. The van der Waals surface area contributed by atoms with Crippen molar-refractivity contribution in [3.05, 3.63) is 0 Å². The molecule has 0 aliphatic rings. The molecule has 1 atom stereocenters. The van der Waals surface area contributed by atoms with Crippen LogP contribution in [0.4, 0.5) is 0 Å². The van der Waals surface area contributed by atoms with Gasteiger partial charge in [0.15, 0.2) is 0 Å². The van der Waals surface area contributed by atoms with Gasteiger partial charge < -0.3 is 10.1 Å². The van der Waals surface area contributed by atoms with Gasteiger partial charge in [0.05, 0.1) is 0 Å². The van der Waals surface area contributed by atoms with E-state index < -0.39 is 5.60 Å². The summed E-state index contributed by atoms with van der Waals surface area (Å²) in [6.45, 7) is 13.3. The normalized spacial score (nSPS) is 13.2. The lowest BCUT2D eigenvalue weighted by Crippen LogP contribution is -2.42. The Bertz CT molecular complexity index is 320. The van der Waals surface area contributed by atoms with E-state index in [4.69, 9.17) is 4.74 Å². The van der Waals surface area contributed by atoms with Crippen LogP contribution >= 0.6 is 0 Å². The Morgan fingerprint density at radius 2 is 1.36 bits per heavy atom. The number of carbonyl (C=O) groups is 1. The van der Waals surface area contributed by atoms with Gasteiger partial charge in [0, 0.05) is 0 Å². The molecule has 3 heteroatoms. The number of hydrogen-bond acceptors (Lipinski definition) is 3. The second kappa shape index (κ2) is 14.6. The molecule has 150 valence electrons. The molecule has 3 nitrogen and oxygen atoms in total. The maximum Gasteiger partial charge on any atom is 0.323 e. The van der Waals surface area contributed by atoms with E-state index in [1.807, 2.05) is 20.8 Å². The van der Waals surface area contributed by atoms with Gasteiger partial charge in [0.2, 0.25) is 0 Å². The van der Waals surface area contributed by atoms with Crippen molar-refractivity contribution in [2.45, 2.75) is 124 Å². The second-order valence-electron chi connectivity index (χ2n) is 8.85. The van der Waals surface area contributed by atoms with Crippen LogP contribution in [0.5, 0.6) is 0 Å². The summed E-state index contributed by atoms with van der Waals surface area (Å²) >= 11 is 0. The van der Waals surface area contributed by atoms with Crippen molar-refractivity contribution in [2.75, 3.05) is 6.54 Å². The molecule has 0 aliphatic carbocycles. The average molecular weight is 356 g/mol. The predicted octanol–water partition coefficient (Wildman–Crippen LogP) is 6.25. The molecule has 25 heavy (non-hydrogen) atoms. The van der Waals surface area contributed by atoms with E-state index in [0.717, 1.165) is 19.4 Å². The van der Waals surface area contributed by atoms with Crippen molar-refractivity contribution in [3.8, 4) is 0 Å². The third kappa shape index (κ3) is 16.6. The maximum absolute atomic E-state index is 12.3. The summed E-state index contributed by atoms with van der Waals surface area (Å²) in [6, 6.07) is -0.169. The van der Waals surface area contributed by atoms with Gasteiger partial charge >= 0.3 is 5.97 Å². The lowest BCUT2D eigenvalue weighted by molar-refractivity contribution is -0.158. The van der Waals surface area contributed by atoms with Crippen molar-refractivity contribution in [2.24, 2.45) is 5.92 Å². The largest absolute Gasteiger partial charge is 0.459 e. The molecule has 0 aromatic heterocycles. The average Bonchev–Trinajstić information content (AvgIpc) is 2.49. The molecule has 1 N–H and O–H groups in total. The lowest BCUT2D eigenvalue weighted by Gasteiger charge is -2.25. The van der Waals surface area contributed by atoms with Gasteiger partial charge in [-0.2, -0.15) is 0 Å². The monoisotopic (exact) mass is 355 g/mol. The Hall–Kier alpha value is -0.570. The topological polar surface area (TPSA) is 38.3 Å². The number of esters is 1. The van der Waals surface area contributed by atoms with Crippen LogP contribution in [-0.4, -0.2) is 24.2 Å². The van der Waals surface area contributed by atoms with E-state index in [1.165, 1.54) is 57.8 Å². The summed E-state index contributed by atoms with van der Waals surface area (Å²) < 4.78 is 5.55. The first-order chi connectivity index (χ1) is 11.8. The van der Waals surface area contributed by atoms with Gasteiger partial charge in [0.1, 0.15) is 11.6 Å². The molecular weight excluding hydrogens is 310 g/mol. The van der Waals surface area contributed by atoms with E-state index in [-0.39, 0.29) is 12.0 Å². The fraction of sp³-hybridized carbons (Fsp3) is 0.955. The molecule has 0 unspecified atom stereocenters. The number of rotatable bonds is 15. The van der Waals surface area contributed by atoms with Crippen molar-refractivity contribution in [1.82, 2.24) is 5.32 Å². The molecule has 0 aromatic rings. The summed E-state index contributed by atoms with van der Waals surface area (Å²) in [5.74, 6) is 0.381. The number of ether oxygens (including phenoxy) is 1. The number of carbonyl (C=O) groups excluding carboxylic acids is 1. The molecule has 0 rings (SSSR count). The second-order valence-corrected chi connectivity index (χ2v) is 8.85. The zero-order valence-electron chi connectivity index (χ0n) is 18.0. The van der Waals surface area contributed by atoms with Crippen LogP contribution in [0.1, 0.15) is 112 Å². The molecule has 0 bridgehead atoms. The Labute approximate surface area is 157 Å². The van der Waals surface area contributed by atoms with E-state index in [2.05, 4.69) is 26.1 Å². The molecule has 0 amide bonds. The van der Waals surface area contributed by atoms with Crippen LogP contribution in [0, 0.1) is 5.92 Å². The summed E-state index contributed by atoms with van der Waals surface area (Å²) in [6.07, 6.45) is 14.2. The van der Waals surface area contributed by atoms with Crippen molar-refractivity contribution < 1.29 is 9.53 Å². The van der Waals surface area contributed by atoms with Gasteiger partial charge in [-0.25, -0.2) is 0 Å². The summed E-state index contributed by atoms with van der Waals surface area (Å²) in [5, 5.41) is 3.42. The summed E-state index contributed by atoms with van der Waals surface area (Å²) in [7, 11) is 0. The van der Waals surface area contributed by atoms with E-state index >= 15 is 0 Å². The molecular formula is C22H45NO2. The SMILES string of the molecule is CCCCCCCCCCCCN[C@@H](CC(C)C)C(=O)OC(C)(C)C. The van der Waals surface area contributed by atoms with Crippen LogP contribution in [-0.2, 0) is 9.53 Å². The van der Waals surface area contributed by atoms with Gasteiger partial charge in [-0.15, -0.1) is 0 Å². The molecule has 0 radical (unpaired) electrons. The van der Waals surface area contributed by atoms with E-state index in [9.17, 15) is 4.79 Å². The minimum absolute atomic E-state index is 0.103. The molecule has 0 heterocycles. The van der Waals surface area contributed by atoms with Crippen molar-refractivity contribution in [3.63, 3.8) is 0 Å². The van der Waals surface area contributed by atoms with Gasteiger partial charge in [-0.05, 0) is 46.1 Å². The molecule has 0 saturated heterocycles.